The quantitative estimate of drug-likeness (QED) is 0.431. The number of imidazole rings is 1. The van der Waals surface area contributed by atoms with Crippen molar-refractivity contribution >= 4 is 11.0 Å². The predicted molar refractivity (Wildman–Crippen MR) is 110 cm³/mol. The molecule has 0 saturated carbocycles. The highest BCUT2D eigenvalue weighted by atomic mass is 15.5. The maximum atomic E-state index is 4.87. The number of aromatic amines is 1. The first-order chi connectivity index (χ1) is 13.9. The van der Waals surface area contributed by atoms with E-state index in [2.05, 4.69) is 50.3 Å². The van der Waals surface area contributed by atoms with Gasteiger partial charge in [0.1, 0.15) is 11.4 Å². The van der Waals surface area contributed by atoms with Gasteiger partial charge in [0, 0.05) is 6.54 Å². The molecule has 0 radical (unpaired) electrons. The molecule has 28 heavy (non-hydrogen) atoms. The fourth-order valence-electron chi connectivity index (χ4n) is 3.50. The monoisotopic (exact) mass is 375 g/mol. The van der Waals surface area contributed by atoms with Gasteiger partial charge in [-0.15, -0.1) is 10.2 Å². The molecule has 3 heterocycles. The average Bonchev–Trinajstić information content (AvgIpc) is 3.39. The van der Waals surface area contributed by atoms with Crippen LogP contribution in [0.2, 0.25) is 0 Å². The SMILES string of the molecule is CCCCCCCCn1c(-c2cccc(-c3nn[nH]n3)n2)nc2ccccc21. The number of fused-ring (bicyclic) bond motifs is 1. The smallest absolute Gasteiger partial charge is 0.222 e. The molecule has 4 aromatic rings. The summed E-state index contributed by atoms with van der Waals surface area (Å²) in [6.07, 6.45) is 7.60. The number of hydrogen-bond donors (Lipinski definition) is 1. The third kappa shape index (κ3) is 3.93. The second kappa shape index (κ2) is 8.73. The van der Waals surface area contributed by atoms with Gasteiger partial charge in [-0.25, -0.2) is 9.97 Å². The minimum Gasteiger partial charge on any atom is -0.323 e. The zero-order valence-corrected chi connectivity index (χ0v) is 16.2. The molecule has 0 unspecified atom stereocenters. The van der Waals surface area contributed by atoms with Crippen molar-refractivity contribution in [3.8, 4) is 23.0 Å². The van der Waals surface area contributed by atoms with Gasteiger partial charge in [-0.1, -0.05) is 57.2 Å². The van der Waals surface area contributed by atoms with Crippen LogP contribution in [0.4, 0.5) is 0 Å². The lowest BCUT2D eigenvalue weighted by Gasteiger charge is -2.09. The minimum atomic E-state index is 0.487. The molecule has 1 aromatic carbocycles. The van der Waals surface area contributed by atoms with Crippen molar-refractivity contribution in [1.82, 2.24) is 35.2 Å². The molecule has 0 aliphatic carbocycles. The molecule has 0 fully saturated rings. The number of aromatic nitrogens is 7. The molecule has 0 aliphatic rings. The number of pyridine rings is 1. The highest BCUT2D eigenvalue weighted by Crippen LogP contribution is 2.25. The largest absolute Gasteiger partial charge is 0.323 e. The second-order valence-electron chi connectivity index (χ2n) is 6.99. The summed E-state index contributed by atoms with van der Waals surface area (Å²) in [6, 6.07) is 14.1. The van der Waals surface area contributed by atoms with Crippen molar-refractivity contribution in [1.29, 1.82) is 0 Å². The molecular weight excluding hydrogens is 350 g/mol. The summed E-state index contributed by atoms with van der Waals surface area (Å²) >= 11 is 0. The molecule has 3 aromatic heterocycles. The summed E-state index contributed by atoms with van der Waals surface area (Å²) in [5.74, 6) is 1.38. The summed E-state index contributed by atoms with van der Waals surface area (Å²) < 4.78 is 2.29. The van der Waals surface area contributed by atoms with Crippen LogP contribution in [0.3, 0.4) is 0 Å². The van der Waals surface area contributed by atoms with Gasteiger partial charge in [0.15, 0.2) is 5.82 Å². The van der Waals surface area contributed by atoms with Crippen molar-refractivity contribution in [3.63, 3.8) is 0 Å². The van der Waals surface area contributed by atoms with Gasteiger partial charge < -0.3 is 4.57 Å². The van der Waals surface area contributed by atoms with E-state index in [0.717, 1.165) is 35.5 Å². The van der Waals surface area contributed by atoms with Crippen LogP contribution < -0.4 is 0 Å². The lowest BCUT2D eigenvalue weighted by atomic mass is 10.1. The maximum Gasteiger partial charge on any atom is 0.222 e. The number of hydrogen-bond acceptors (Lipinski definition) is 5. The van der Waals surface area contributed by atoms with Crippen molar-refractivity contribution < 1.29 is 0 Å². The van der Waals surface area contributed by atoms with E-state index in [9.17, 15) is 0 Å². The van der Waals surface area contributed by atoms with E-state index in [1.54, 1.807) is 0 Å². The number of para-hydroxylation sites is 2. The van der Waals surface area contributed by atoms with E-state index < -0.39 is 0 Å². The van der Waals surface area contributed by atoms with E-state index in [1.165, 1.54) is 32.1 Å². The Hall–Kier alpha value is -3.09. The first kappa shape index (κ1) is 18.3. The van der Waals surface area contributed by atoms with Crippen molar-refractivity contribution in [3.05, 3.63) is 42.5 Å². The van der Waals surface area contributed by atoms with Crippen LogP contribution in [-0.2, 0) is 6.54 Å². The Kier molecular flexibility index (Phi) is 5.70. The Labute approximate surface area is 164 Å². The normalized spacial score (nSPS) is 11.3. The number of H-pyrrole nitrogens is 1. The summed E-state index contributed by atoms with van der Waals surface area (Å²) in [7, 11) is 0. The molecule has 144 valence electrons. The van der Waals surface area contributed by atoms with Gasteiger partial charge in [-0.3, -0.25) is 0 Å². The Morgan fingerprint density at radius 3 is 2.54 bits per heavy atom. The van der Waals surface area contributed by atoms with E-state index in [0.29, 0.717) is 11.5 Å². The van der Waals surface area contributed by atoms with E-state index in [-0.39, 0.29) is 0 Å². The van der Waals surface area contributed by atoms with Gasteiger partial charge >= 0.3 is 0 Å². The van der Waals surface area contributed by atoms with Gasteiger partial charge in [0.2, 0.25) is 5.82 Å². The maximum absolute atomic E-state index is 4.87. The van der Waals surface area contributed by atoms with Crippen LogP contribution >= 0.6 is 0 Å². The average molecular weight is 375 g/mol. The molecule has 0 atom stereocenters. The lowest BCUT2D eigenvalue weighted by Crippen LogP contribution is -2.02. The van der Waals surface area contributed by atoms with Crippen LogP contribution in [0, 0.1) is 0 Å². The molecule has 0 amide bonds. The Morgan fingerprint density at radius 1 is 0.857 bits per heavy atom. The first-order valence-corrected chi connectivity index (χ1v) is 10.0. The van der Waals surface area contributed by atoms with Gasteiger partial charge in [-0.05, 0) is 35.9 Å². The molecule has 0 saturated heterocycles. The molecule has 0 bridgehead atoms. The number of benzene rings is 1. The van der Waals surface area contributed by atoms with E-state index >= 15 is 0 Å². The summed E-state index contributed by atoms with van der Waals surface area (Å²) in [5.41, 5.74) is 3.65. The van der Waals surface area contributed by atoms with Crippen molar-refractivity contribution in [2.24, 2.45) is 0 Å². The number of rotatable bonds is 9. The van der Waals surface area contributed by atoms with Crippen LogP contribution in [0.25, 0.3) is 34.1 Å². The Morgan fingerprint density at radius 2 is 1.68 bits per heavy atom. The lowest BCUT2D eigenvalue weighted by molar-refractivity contribution is 0.566. The molecule has 1 N–H and O–H groups in total. The molecule has 4 rings (SSSR count). The standard InChI is InChI=1S/C21H25N7/c1-2-3-4-5-6-9-15-28-19-14-8-7-11-16(19)23-21(28)18-13-10-12-17(22-18)20-24-26-27-25-20/h7-8,10-14H,2-6,9,15H2,1H3,(H,24,25,26,27). The fraction of sp³-hybridized carbons (Fsp3) is 0.381. The van der Waals surface area contributed by atoms with Crippen LogP contribution in [0.5, 0.6) is 0 Å². The van der Waals surface area contributed by atoms with Gasteiger partial charge in [0.05, 0.1) is 11.0 Å². The third-order valence-electron chi connectivity index (χ3n) is 4.94. The van der Waals surface area contributed by atoms with Gasteiger partial charge in [-0.2, -0.15) is 5.21 Å². The first-order valence-electron chi connectivity index (χ1n) is 10.0. The zero-order chi connectivity index (χ0) is 19.2. The van der Waals surface area contributed by atoms with Gasteiger partial charge in [0.25, 0.3) is 0 Å². The van der Waals surface area contributed by atoms with Crippen LogP contribution in [-0.4, -0.2) is 35.2 Å². The van der Waals surface area contributed by atoms with Crippen LogP contribution in [0.1, 0.15) is 45.4 Å². The Bertz CT molecular complexity index is 1020. The number of aryl methyl sites for hydroxylation is 1. The second-order valence-corrected chi connectivity index (χ2v) is 6.99. The highest BCUT2D eigenvalue weighted by Gasteiger charge is 2.15. The zero-order valence-electron chi connectivity index (χ0n) is 16.2. The Balaban J connectivity index is 1.62. The number of unbranched alkanes of at least 4 members (excludes halogenated alkanes) is 5. The third-order valence-corrected chi connectivity index (χ3v) is 4.94. The predicted octanol–water partition coefficient (Wildman–Crippen LogP) is 4.64. The fourth-order valence-corrected chi connectivity index (χ4v) is 3.50. The van der Waals surface area contributed by atoms with Crippen molar-refractivity contribution in [2.75, 3.05) is 0 Å². The summed E-state index contributed by atoms with van der Waals surface area (Å²) in [6.45, 7) is 3.19. The topological polar surface area (TPSA) is 85.2 Å². The molecular formula is C21H25N7. The molecule has 7 nitrogen and oxygen atoms in total. The number of nitrogens with zero attached hydrogens (tertiary/aromatic N) is 6. The van der Waals surface area contributed by atoms with Crippen molar-refractivity contribution in [2.45, 2.75) is 52.0 Å². The highest BCUT2D eigenvalue weighted by molar-refractivity contribution is 5.80. The molecule has 7 heteroatoms. The number of nitrogens with one attached hydrogen (secondary N) is 1. The summed E-state index contributed by atoms with van der Waals surface area (Å²) in [5, 5.41) is 14.2. The molecule has 0 spiro atoms. The van der Waals surface area contributed by atoms with E-state index in [4.69, 9.17) is 9.97 Å². The van der Waals surface area contributed by atoms with Crippen LogP contribution in [0.15, 0.2) is 42.5 Å². The minimum absolute atomic E-state index is 0.487. The van der Waals surface area contributed by atoms with E-state index in [1.807, 2.05) is 24.3 Å². The molecule has 0 aliphatic heterocycles. The summed E-state index contributed by atoms with van der Waals surface area (Å²) in [4.78, 5) is 9.61. The number of tetrazole rings is 1.